The first-order chi connectivity index (χ1) is 14.1. The first-order valence-electron chi connectivity index (χ1n) is 10.8. The fourth-order valence-electron chi connectivity index (χ4n) is 4.36. The van der Waals surface area contributed by atoms with E-state index in [0.717, 1.165) is 6.42 Å². The van der Waals surface area contributed by atoms with Gasteiger partial charge in [-0.05, 0) is 53.0 Å². The number of rotatable bonds is 6. The Labute approximate surface area is 180 Å². The smallest absolute Gasteiger partial charge is 0.410 e. The third-order valence-corrected chi connectivity index (χ3v) is 5.42. The van der Waals surface area contributed by atoms with Crippen LogP contribution in [-0.2, 0) is 20.6 Å². The van der Waals surface area contributed by atoms with E-state index < -0.39 is 11.3 Å². The predicted octanol–water partition coefficient (Wildman–Crippen LogP) is 3.90. The summed E-state index contributed by atoms with van der Waals surface area (Å²) in [4.78, 5) is 14.8. The molecule has 0 aliphatic carbocycles. The van der Waals surface area contributed by atoms with E-state index in [0.29, 0.717) is 19.6 Å². The number of carbonyl (C=O) groups is 1. The van der Waals surface area contributed by atoms with Crippen molar-refractivity contribution in [3.63, 3.8) is 0 Å². The van der Waals surface area contributed by atoms with Crippen LogP contribution in [0.4, 0.5) is 4.79 Å². The van der Waals surface area contributed by atoms with Gasteiger partial charge in [0.1, 0.15) is 11.3 Å². The lowest BCUT2D eigenvalue weighted by molar-refractivity contribution is -0.0584. The summed E-state index contributed by atoms with van der Waals surface area (Å²) in [5.74, 6) is 0. The zero-order valence-electron chi connectivity index (χ0n) is 18.9. The molecule has 2 aliphatic rings. The van der Waals surface area contributed by atoms with Crippen LogP contribution in [0.5, 0.6) is 0 Å². The van der Waals surface area contributed by atoms with Crippen LogP contribution in [0.2, 0.25) is 0 Å². The molecule has 2 aliphatic heterocycles. The maximum absolute atomic E-state index is 13.0. The molecular weight excluding hydrogens is 380 g/mol. The average Bonchev–Trinajstić information content (AvgIpc) is 3.20. The second-order valence-electron chi connectivity index (χ2n) is 9.71. The average molecular weight is 417 g/mol. The minimum Gasteiger partial charge on any atom is -0.444 e. The highest BCUT2D eigenvalue weighted by Crippen LogP contribution is 2.34. The highest BCUT2D eigenvalue weighted by Gasteiger charge is 2.50. The molecule has 0 bridgehead atoms. The number of ether oxygens (including phenoxy) is 3. The van der Waals surface area contributed by atoms with Crippen LogP contribution in [0.3, 0.4) is 0 Å². The van der Waals surface area contributed by atoms with Crippen molar-refractivity contribution >= 4 is 6.09 Å². The molecule has 1 N–H and O–H groups in total. The SMILES string of the molecule is C=CCOC1CC([C@H]2OC(C)(C)N[C@H]2Cc2ccccc2)N(C(=O)OC(C)(C)C)C1. The molecule has 4 atom stereocenters. The van der Waals surface area contributed by atoms with E-state index in [4.69, 9.17) is 14.2 Å². The molecule has 0 radical (unpaired) electrons. The summed E-state index contributed by atoms with van der Waals surface area (Å²) in [7, 11) is 0. The van der Waals surface area contributed by atoms with Crippen molar-refractivity contribution in [2.24, 2.45) is 0 Å². The Bertz CT molecular complexity index is 728. The van der Waals surface area contributed by atoms with Gasteiger partial charge in [0.15, 0.2) is 0 Å². The molecule has 2 unspecified atom stereocenters. The van der Waals surface area contributed by atoms with Crippen LogP contribution in [-0.4, -0.2) is 59.8 Å². The van der Waals surface area contributed by atoms with Crippen LogP contribution >= 0.6 is 0 Å². The van der Waals surface area contributed by atoms with E-state index in [1.807, 2.05) is 52.8 Å². The second kappa shape index (κ2) is 9.08. The molecule has 1 aromatic rings. The van der Waals surface area contributed by atoms with Crippen LogP contribution < -0.4 is 5.32 Å². The van der Waals surface area contributed by atoms with E-state index in [-0.39, 0.29) is 30.4 Å². The number of nitrogens with zero attached hydrogens (tertiary/aromatic N) is 1. The lowest BCUT2D eigenvalue weighted by atomic mass is 9.95. The summed E-state index contributed by atoms with van der Waals surface area (Å²) in [6, 6.07) is 10.3. The number of hydrogen-bond acceptors (Lipinski definition) is 5. The molecule has 2 saturated heterocycles. The Hall–Kier alpha value is -1.89. The van der Waals surface area contributed by atoms with Gasteiger partial charge in [-0.3, -0.25) is 10.2 Å². The van der Waals surface area contributed by atoms with Gasteiger partial charge in [0.2, 0.25) is 0 Å². The van der Waals surface area contributed by atoms with Crippen molar-refractivity contribution in [3.8, 4) is 0 Å². The van der Waals surface area contributed by atoms with Gasteiger partial charge in [-0.2, -0.15) is 0 Å². The van der Waals surface area contributed by atoms with Crippen LogP contribution in [0.1, 0.15) is 46.6 Å². The zero-order chi connectivity index (χ0) is 21.9. The summed E-state index contributed by atoms with van der Waals surface area (Å²) in [6.45, 7) is 14.4. The van der Waals surface area contributed by atoms with Gasteiger partial charge in [-0.25, -0.2) is 4.79 Å². The monoisotopic (exact) mass is 416 g/mol. The number of carbonyl (C=O) groups excluding carboxylic acids is 1. The maximum atomic E-state index is 13.0. The molecule has 1 amide bonds. The molecule has 30 heavy (non-hydrogen) atoms. The number of benzene rings is 1. The molecule has 166 valence electrons. The third kappa shape index (κ3) is 5.84. The minimum atomic E-state index is -0.556. The maximum Gasteiger partial charge on any atom is 0.410 e. The topological polar surface area (TPSA) is 60.0 Å². The number of hydrogen-bond donors (Lipinski definition) is 1. The van der Waals surface area contributed by atoms with Crippen molar-refractivity contribution in [2.45, 2.75) is 83.1 Å². The van der Waals surface area contributed by atoms with Crippen LogP contribution in [0.25, 0.3) is 0 Å². The molecule has 3 rings (SSSR count). The van der Waals surface area contributed by atoms with Crippen molar-refractivity contribution in [3.05, 3.63) is 48.6 Å². The Morgan fingerprint density at radius 1 is 1.33 bits per heavy atom. The second-order valence-corrected chi connectivity index (χ2v) is 9.71. The third-order valence-electron chi connectivity index (χ3n) is 5.42. The fraction of sp³-hybridized carbons (Fsp3) is 0.625. The molecule has 2 heterocycles. The first kappa shape index (κ1) is 22.8. The quantitative estimate of drug-likeness (QED) is 0.713. The zero-order valence-corrected chi connectivity index (χ0v) is 18.9. The van der Waals surface area contributed by atoms with E-state index >= 15 is 0 Å². The molecular formula is C24H36N2O4. The summed E-state index contributed by atoms with van der Waals surface area (Å²) in [6.07, 6.45) is 2.73. The highest BCUT2D eigenvalue weighted by atomic mass is 16.6. The van der Waals surface area contributed by atoms with Gasteiger partial charge in [-0.15, -0.1) is 6.58 Å². The molecule has 0 saturated carbocycles. The lowest BCUT2D eigenvalue weighted by Gasteiger charge is -2.33. The molecule has 2 fully saturated rings. The predicted molar refractivity (Wildman–Crippen MR) is 117 cm³/mol. The van der Waals surface area contributed by atoms with E-state index in [1.54, 1.807) is 11.0 Å². The van der Waals surface area contributed by atoms with Gasteiger partial charge >= 0.3 is 6.09 Å². The lowest BCUT2D eigenvalue weighted by Crippen LogP contribution is -2.50. The number of amides is 1. The summed E-state index contributed by atoms with van der Waals surface area (Å²) in [5, 5.41) is 3.61. The standard InChI is InChI=1S/C24H36N2O4/c1-7-13-28-18-15-20(26(16-18)22(27)30-23(2,3)4)21-19(25-24(5,6)29-21)14-17-11-9-8-10-12-17/h7-12,18-21,25H,1,13-16H2,2-6H3/t18?,19-,20?,21-/m0/s1. The van der Waals surface area contributed by atoms with Crippen molar-refractivity contribution in [1.82, 2.24) is 10.2 Å². The number of nitrogens with one attached hydrogen (secondary N) is 1. The first-order valence-corrected chi connectivity index (χ1v) is 10.8. The largest absolute Gasteiger partial charge is 0.444 e. The molecule has 6 heteroatoms. The Morgan fingerprint density at radius 3 is 2.67 bits per heavy atom. The normalized spacial score (nSPS) is 28.5. The Kier molecular flexibility index (Phi) is 6.90. The summed E-state index contributed by atoms with van der Waals surface area (Å²) in [5.41, 5.74) is 0.214. The van der Waals surface area contributed by atoms with Gasteiger partial charge in [0.05, 0.1) is 31.4 Å². The van der Waals surface area contributed by atoms with E-state index in [1.165, 1.54) is 5.56 Å². The number of likely N-dealkylation sites (tertiary alicyclic amines) is 1. The summed E-state index contributed by atoms with van der Waals surface area (Å²) >= 11 is 0. The summed E-state index contributed by atoms with van der Waals surface area (Å²) < 4.78 is 18.1. The van der Waals surface area contributed by atoms with Gasteiger partial charge in [0, 0.05) is 6.04 Å². The minimum absolute atomic E-state index is 0.0646. The van der Waals surface area contributed by atoms with Gasteiger partial charge in [0.25, 0.3) is 0 Å². The van der Waals surface area contributed by atoms with E-state index in [2.05, 4.69) is 24.0 Å². The fourth-order valence-corrected chi connectivity index (χ4v) is 4.36. The van der Waals surface area contributed by atoms with Gasteiger partial charge in [-0.1, -0.05) is 36.4 Å². The van der Waals surface area contributed by atoms with Crippen LogP contribution in [0.15, 0.2) is 43.0 Å². The molecule has 0 aromatic heterocycles. The van der Waals surface area contributed by atoms with Crippen molar-refractivity contribution in [1.29, 1.82) is 0 Å². The Balaban J connectivity index is 1.82. The van der Waals surface area contributed by atoms with Crippen molar-refractivity contribution in [2.75, 3.05) is 13.2 Å². The Morgan fingerprint density at radius 2 is 2.03 bits per heavy atom. The molecule has 1 aromatic carbocycles. The van der Waals surface area contributed by atoms with E-state index in [9.17, 15) is 4.79 Å². The molecule has 6 nitrogen and oxygen atoms in total. The molecule has 0 spiro atoms. The van der Waals surface area contributed by atoms with Crippen molar-refractivity contribution < 1.29 is 19.0 Å². The van der Waals surface area contributed by atoms with Crippen LogP contribution in [0, 0.1) is 0 Å². The highest BCUT2D eigenvalue weighted by molar-refractivity contribution is 5.69. The van der Waals surface area contributed by atoms with Gasteiger partial charge < -0.3 is 14.2 Å².